The molecule has 0 aliphatic heterocycles. The lowest BCUT2D eigenvalue weighted by Crippen LogP contribution is -2.12. The first-order valence-electron chi connectivity index (χ1n) is 20.3. The summed E-state index contributed by atoms with van der Waals surface area (Å²) in [5.74, 6) is 0. The van der Waals surface area contributed by atoms with Gasteiger partial charge in [-0.1, -0.05) is 206 Å². The molecule has 0 aliphatic carbocycles. The Balaban J connectivity index is 1.14. The molecule has 0 atom stereocenters. The number of benzene rings is 11. The molecule has 0 radical (unpaired) electrons. The number of fused-ring (bicyclic) bond motifs is 5. The Morgan fingerprint density at radius 2 is 0.695 bits per heavy atom. The average molecular weight is 750 g/mol. The fourth-order valence-corrected chi connectivity index (χ4v) is 8.95. The highest BCUT2D eigenvalue weighted by Crippen LogP contribution is 2.50. The Labute approximate surface area is 344 Å². The van der Waals surface area contributed by atoms with E-state index in [1.165, 1.54) is 87.6 Å². The van der Waals surface area contributed by atoms with Crippen LogP contribution >= 0.6 is 0 Å². The zero-order chi connectivity index (χ0) is 39.1. The molecule has 0 aliphatic rings. The SMILES string of the molecule is c1ccc(-c2ccc(-c3c(N(c4ccc(-c5ccc6ccccc6c5)cc4)c4ccc(-c5cccc6ccccc56)cc4)c4ccccc4c4ccccc34)cc2)cc1. The minimum atomic E-state index is 1.09. The molecule has 0 saturated heterocycles. The first kappa shape index (κ1) is 34.5. The van der Waals surface area contributed by atoms with Crippen LogP contribution in [0.4, 0.5) is 17.1 Å². The molecule has 276 valence electrons. The standard InChI is InChI=1S/C58H39N/c1-2-13-40(14-3-1)42-25-28-46(29-26-42)57-55-22-10-8-20-53(55)54-21-9-11-23-56(54)58(57)59(49-35-31-43(32-36-49)48-30-27-41-15-4-5-17-47(41)39-48)50-37-33-45(34-38-50)52-24-12-18-44-16-6-7-19-51(44)52/h1-39H. The molecule has 11 rings (SSSR count). The molecule has 0 spiro atoms. The summed E-state index contributed by atoms with van der Waals surface area (Å²) >= 11 is 0. The molecular weight excluding hydrogens is 711 g/mol. The summed E-state index contributed by atoms with van der Waals surface area (Å²) in [6, 6.07) is 86.4. The number of nitrogens with zero attached hydrogens (tertiary/aromatic N) is 1. The monoisotopic (exact) mass is 749 g/mol. The highest BCUT2D eigenvalue weighted by molar-refractivity contribution is 6.22. The van der Waals surface area contributed by atoms with Gasteiger partial charge in [-0.05, 0) is 107 Å². The van der Waals surface area contributed by atoms with E-state index >= 15 is 0 Å². The van der Waals surface area contributed by atoms with Gasteiger partial charge in [-0.25, -0.2) is 0 Å². The van der Waals surface area contributed by atoms with Crippen LogP contribution in [0, 0.1) is 0 Å². The maximum Gasteiger partial charge on any atom is 0.0624 e. The highest BCUT2D eigenvalue weighted by atomic mass is 15.1. The van der Waals surface area contributed by atoms with Crippen molar-refractivity contribution in [2.45, 2.75) is 0 Å². The summed E-state index contributed by atoms with van der Waals surface area (Å²) in [6.07, 6.45) is 0. The van der Waals surface area contributed by atoms with E-state index in [-0.39, 0.29) is 0 Å². The van der Waals surface area contributed by atoms with Gasteiger partial charge < -0.3 is 4.90 Å². The molecule has 59 heavy (non-hydrogen) atoms. The zero-order valence-corrected chi connectivity index (χ0v) is 32.5. The Hall–Kier alpha value is -7.74. The van der Waals surface area contributed by atoms with Crippen molar-refractivity contribution in [2.75, 3.05) is 4.90 Å². The molecule has 1 nitrogen and oxygen atoms in total. The highest BCUT2D eigenvalue weighted by Gasteiger charge is 2.24. The van der Waals surface area contributed by atoms with Gasteiger partial charge in [0.25, 0.3) is 0 Å². The van der Waals surface area contributed by atoms with Gasteiger partial charge in [0.15, 0.2) is 0 Å². The number of rotatable bonds is 7. The minimum Gasteiger partial charge on any atom is -0.309 e. The van der Waals surface area contributed by atoms with Crippen molar-refractivity contribution >= 4 is 60.2 Å². The van der Waals surface area contributed by atoms with Gasteiger partial charge in [0.2, 0.25) is 0 Å². The van der Waals surface area contributed by atoms with Gasteiger partial charge in [0.1, 0.15) is 0 Å². The van der Waals surface area contributed by atoms with Gasteiger partial charge in [0, 0.05) is 22.3 Å². The van der Waals surface area contributed by atoms with Crippen LogP contribution in [0.1, 0.15) is 0 Å². The second-order valence-electron chi connectivity index (χ2n) is 15.3. The van der Waals surface area contributed by atoms with E-state index in [1.807, 2.05) is 0 Å². The van der Waals surface area contributed by atoms with E-state index in [1.54, 1.807) is 0 Å². The van der Waals surface area contributed by atoms with Gasteiger partial charge >= 0.3 is 0 Å². The predicted molar refractivity (Wildman–Crippen MR) is 253 cm³/mol. The van der Waals surface area contributed by atoms with Crippen LogP contribution in [0.15, 0.2) is 237 Å². The quantitative estimate of drug-likeness (QED) is 0.147. The van der Waals surface area contributed by atoms with E-state index < -0.39 is 0 Å². The molecule has 0 saturated carbocycles. The number of hydrogen-bond acceptors (Lipinski definition) is 1. The van der Waals surface area contributed by atoms with Crippen LogP contribution in [0.5, 0.6) is 0 Å². The summed E-state index contributed by atoms with van der Waals surface area (Å²) in [6.45, 7) is 0. The third-order valence-electron chi connectivity index (χ3n) is 11.8. The zero-order valence-electron chi connectivity index (χ0n) is 32.5. The Bertz CT molecular complexity index is 3280. The van der Waals surface area contributed by atoms with Crippen LogP contribution in [-0.4, -0.2) is 0 Å². The van der Waals surface area contributed by atoms with E-state index in [0.717, 1.165) is 17.1 Å². The fourth-order valence-electron chi connectivity index (χ4n) is 8.95. The predicted octanol–water partition coefficient (Wildman–Crippen LogP) is 16.4. The van der Waals surface area contributed by atoms with Crippen LogP contribution in [0.3, 0.4) is 0 Å². The van der Waals surface area contributed by atoms with Gasteiger partial charge in [-0.15, -0.1) is 0 Å². The third-order valence-corrected chi connectivity index (χ3v) is 11.8. The molecule has 0 bridgehead atoms. The van der Waals surface area contributed by atoms with Crippen molar-refractivity contribution in [1.82, 2.24) is 0 Å². The van der Waals surface area contributed by atoms with E-state index in [9.17, 15) is 0 Å². The van der Waals surface area contributed by atoms with Crippen molar-refractivity contribution < 1.29 is 0 Å². The average Bonchev–Trinajstić information content (AvgIpc) is 3.32. The fraction of sp³-hybridized carbons (Fsp3) is 0. The lowest BCUT2D eigenvalue weighted by atomic mass is 9.89. The normalized spacial score (nSPS) is 11.4. The van der Waals surface area contributed by atoms with Crippen LogP contribution < -0.4 is 4.90 Å². The summed E-state index contributed by atoms with van der Waals surface area (Å²) in [4.78, 5) is 2.48. The van der Waals surface area contributed by atoms with Crippen molar-refractivity contribution in [1.29, 1.82) is 0 Å². The minimum absolute atomic E-state index is 1.09. The molecule has 11 aromatic rings. The first-order valence-corrected chi connectivity index (χ1v) is 20.3. The van der Waals surface area contributed by atoms with E-state index in [2.05, 4.69) is 241 Å². The number of hydrogen-bond donors (Lipinski definition) is 0. The second kappa shape index (κ2) is 14.6. The molecule has 0 fully saturated rings. The smallest absolute Gasteiger partial charge is 0.0624 e. The van der Waals surface area contributed by atoms with E-state index in [0.29, 0.717) is 0 Å². The Kier molecular flexibility index (Phi) is 8.56. The topological polar surface area (TPSA) is 3.24 Å². The van der Waals surface area contributed by atoms with E-state index in [4.69, 9.17) is 0 Å². The first-order chi connectivity index (χ1) is 29.3. The van der Waals surface area contributed by atoms with Gasteiger partial charge in [-0.3, -0.25) is 0 Å². The Morgan fingerprint density at radius 3 is 1.41 bits per heavy atom. The molecule has 11 aromatic carbocycles. The maximum absolute atomic E-state index is 2.48. The summed E-state index contributed by atoms with van der Waals surface area (Å²) in [5.41, 5.74) is 12.9. The molecule has 0 amide bonds. The van der Waals surface area contributed by atoms with Crippen LogP contribution in [0.25, 0.3) is 87.6 Å². The second-order valence-corrected chi connectivity index (χ2v) is 15.3. The van der Waals surface area contributed by atoms with Crippen molar-refractivity contribution in [3.8, 4) is 44.5 Å². The molecule has 1 heteroatoms. The Morgan fingerprint density at radius 1 is 0.237 bits per heavy atom. The van der Waals surface area contributed by atoms with Crippen molar-refractivity contribution in [2.24, 2.45) is 0 Å². The summed E-state index contributed by atoms with van der Waals surface area (Å²) in [7, 11) is 0. The van der Waals surface area contributed by atoms with Crippen molar-refractivity contribution in [3.05, 3.63) is 237 Å². The lowest BCUT2D eigenvalue weighted by molar-refractivity contribution is 1.30. The maximum atomic E-state index is 2.48. The third kappa shape index (κ3) is 6.21. The summed E-state index contributed by atoms with van der Waals surface area (Å²) < 4.78 is 0. The van der Waals surface area contributed by atoms with Crippen LogP contribution in [-0.2, 0) is 0 Å². The molecular formula is C58H39N. The van der Waals surface area contributed by atoms with Crippen molar-refractivity contribution in [3.63, 3.8) is 0 Å². The summed E-state index contributed by atoms with van der Waals surface area (Å²) in [5, 5.41) is 9.88. The molecule has 0 unspecified atom stereocenters. The molecule has 0 aromatic heterocycles. The van der Waals surface area contributed by atoms with Gasteiger partial charge in [-0.2, -0.15) is 0 Å². The lowest BCUT2D eigenvalue weighted by Gasteiger charge is -2.31. The van der Waals surface area contributed by atoms with Crippen LogP contribution in [0.2, 0.25) is 0 Å². The molecule has 0 heterocycles. The largest absolute Gasteiger partial charge is 0.309 e. The van der Waals surface area contributed by atoms with Gasteiger partial charge in [0.05, 0.1) is 5.69 Å². The molecule has 0 N–H and O–H groups in total. The number of anilines is 3.